The molecule has 3 rings (SSSR count). The first-order valence-electron chi connectivity index (χ1n) is 8.72. The summed E-state index contributed by atoms with van der Waals surface area (Å²) in [5.41, 5.74) is 6.22. The summed E-state index contributed by atoms with van der Waals surface area (Å²) in [5, 5.41) is 0.787. The molecular weight excluding hydrogens is 361 g/mol. The molecule has 2 heterocycles. The molecule has 1 aromatic rings. The van der Waals surface area contributed by atoms with Gasteiger partial charge >= 0.3 is 0 Å². The van der Waals surface area contributed by atoms with Crippen LogP contribution in [-0.4, -0.2) is 54.3 Å². The van der Waals surface area contributed by atoms with Crippen LogP contribution in [0.4, 0.5) is 0 Å². The number of hydrogen-bond donors (Lipinski definition) is 1. The number of hydrogen-bond acceptors (Lipinski definition) is 3. The van der Waals surface area contributed by atoms with E-state index < -0.39 is 0 Å². The van der Waals surface area contributed by atoms with Crippen molar-refractivity contribution >= 4 is 35.0 Å². The Kier molecular flexibility index (Phi) is 5.87. The Balaban J connectivity index is 1.65. The number of nitrogens with zero attached hydrogens (tertiary/aromatic N) is 2. The lowest BCUT2D eigenvalue weighted by atomic mass is 9.96. The van der Waals surface area contributed by atoms with E-state index >= 15 is 0 Å². The highest BCUT2D eigenvalue weighted by molar-refractivity contribution is 6.42. The predicted molar refractivity (Wildman–Crippen MR) is 98.8 cm³/mol. The van der Waals surface area contributed by atoms with Gasteiger partial charge in [-0.2, -0.15) is 0 Å². The predicted octanol–water partition coefficient (Wildman–Crippen LogP) is 2.65. The van der Waals surface area contributed by atoms with Crippen molar-refractivity contribution < 1.29 is 9.59 Å². The summed E-state index contributed by atoms with van der Waals surface area (Å²) < 4.78 is 0. The molecule has 0 aliphatic carbocycles. The fourth-order valence-corrected chi connectivity index (χ4v) is 3.96. The van der Waals surface area contributed by atoms with Gasteiger partial charge in [-0.1, -0.05) is 23.2 Å². The van der Waals surface area contributed by atoms with Crippen LogP contribution >= 0.6 is 23.2 Å². The summed E-state index contributed by atoms with van der Waals surface area (Å²) in [6.07, 6.45) is 2.63. The van der Waals surface area contributed by atoms with Crippen molar-refractivity contribution in [1.29, 1.82) is 0 Å². The molecule has 25 heavy (non-hydrogen) atoms. The number of likely N-dealkylation sites (tertiary alicyclic amines) is 2. The van der Waals surface area contributed by atoms with Crippen molar-refractivity contribution in [2.24, 2.45) is 17.6 Å². The molecule has 2 fully saturated rings. The van der Waals surface area contributed by atoms with Crippen molar-refractivity contribution in [3.63, 3.8) is 0 Å². The minimum atomic E-state index is -0.128. The number of carbonyl (C=O) groups excluding carboxylic acids is 2. The van der Waals surface area contributed by atoms with Crippen LogP contribution in [0.25, 0.3) is 0 Å². The maximum atomic E-state index is 12.8. The molecule has 2 unspecified atom stereocenters. The minimum Gasteiger partial charge on any atom is -0.342 e. The van der Waals surface area contributed by atoms with Crippen LogP contribution in [0.2, 0.25) is 10.0 Å². The van der Waals surface area contributed by atoms with Crippen molar-refractivity contribution in [3.8, 4) is 0 Å². The van der Waals surface area contributed by atoms with Gasteiger partial charge in [0.15, 0.2) is 0 Å². The quantitative estimate of drug-likeness (QED) is 0.872. The van der Waals surface area contributed by atoms with Crippen molar-refractivity contribution in [2.45, 2.75) is 19.3 Å². The third-order valence-electron chi connectivity index (χ3n) is 5.16. The van der Waals surface area contributed by atoms with Gasteiger partial charge in [-0.05, 0) is 49.9 Å². The van der Waals surface area contributed by atoms with Gasteiger partial charge in [0.1, 0.15) is 0 Å². The minimum absolute atomic E-state index is 0.0997. The third-order valence-corrected chi connectivity index (χ3v) is 5.89. The van der Waals surface area contributed by atoms with E-state index in [0.29, 0.717) is 41.2 Å². The fourth-order valence-electron chi connectivity index (χ4n) is 3.66. The van der Waals surface area contributed by atoms with Crippen LogP contribution in [-0.2, 0) is 4.79 Å². The molecule has 2 amide bonds. The monoisotopic (exact) mass is 383 g/mol. The molecule has 2 N–H and O–H groups in total. The van der Waals surface area contributed by atoms with E-state index in [4.69, 9.17) is 28.9 Å². The molecule has 2 aliphatic rings. The van der Waals surface area contributed by atoms with Gasteiger partial charge < -0.3 is 15.5 Å². The van der Waals surface area contributed by atoms with E-state index in [1.165, 1.54) is 0 Å². The van der Waals surface area contributed by atoms with E-state index in [9.17, 15) is 9.59 Å². The van der Waals surface area contributed by atoms with Crippen molar-refractivity contribution in [2.75, 3.05) is 32.7 Å². The number of halogens is 2. The average Bonchev–Trinajstić information content (AvgIpc) is 3.12. The van der Waals surface area contributed by atoms with Gasteiger partial charge in [-0.15, -0.1) is 0 Å². The molecule has 2 saturated heterocycles. The van der Waals surface area contributed by atoms with Gasteiger partial charge in [0.2, 0.25) is 5.91 Å². The number of rotatable bonds is 3. The van der Waals surface area contributed by atoms with E-state index in [2.05, 4.69) is 0 Å². The third kappa shape index (κ3) is 4.10. The molecule has 2 aliphatic heterocycles. The van der Waals surface area contributed by atoms with Crippen molar-refractivity contribution in [3.05, 3.63) is 33.8 Å². The fraction of sp³-hybridized carbons (Fsp3) is 0.556. The summed E-state index contributed by atoms with van der Waals surface area (Å²) in [4.78, 5) is 29.2. The molecular formula is C18H23Cl2N3O2. The number of nitrogens with two attached hydrogens (primary N) is 1. The Morgan fingerprint density at radius 1 is 1.08 bits per heavy atom. The Hall–Kier alpha value is -1.30. The Morgan fingerprint density at radius 3 is 2.56 bits per heavy atom. The molecule has 5 nitrogen and oxygen atoms in total. The first-order valence-corrected chi connectivity index (χ1v) is 9.48. The second-order valence-electron chi connectivity index (χ2n) is 6.89. The lowest BCUT2D eigenvalue weighted by Gasteiger charge is -2.34. The van der Waals surface area contributed by atoms with Gasteiger partial charge in [-0.25, -0.2) is 0 Å². The van der Waals surface area contributed by atoms with Crippen molar-refractivity contribution in [1.82, 2.24) is 9.80 Å². The second kappa shape index (κ2) is 7.94. The number of carbonyl (C=O) groups is 2. The van der Waals surface area contributed by atoms with Crippen LogP contribution in [0.1, 0.15) is 29.6 Å². The Bertz CT molecular complexity index is 668. The topological polar surface area (TPSA) is 66.6 Å². The smallest absolute Gasteiger partial charge is 0.253 e. The summed E-state index contributed by atoms with van der Waals surface area (Å²) in [7, 11) is 0. The summed E-state index contributed by atoms with van der Waals surface area (Å²) in [6.45, 7) is 3.26. The maximum Gasteiger partial charge on any atom is 0.253 e. The molecule has 0 bridgehead atoms. The first-order chi connectivity index (χ1) is 12.0. The number of benzene rings is 1. The zero-order chi connectivity index (χ0) is 18.0. The van der Waals surface area contributed by atoms with E-state index in [0.717, 1.165) is 32.4 Å². The van der Waals surface area contributed by atoms with E-state index in [1.807, 2.05) is 4.90 Å². The normalized spacial score (nSPS) is 23.8. The Labute approximate surface area is 158 Å². The molecule has 0 aromatic heterocycles. The molecule has 136 valence electrons. The van der Waals surface area contributed by atoms with Gasteiger partial charge in [0.25, 0.3) is 5.91 Å². The van der Waals surface area contributed by atoms with Crippen LogP contribution < -0.4 is 5.73 Å². The number of amides is 2. The Morgan fingerprint density at radius 2 is 1.88 bits per heavy atom. The van der Waals surface area contributed by atoms with Gasteiger partial charge in [0, 0.05) is 31.7 Å². The summed E-state index contributed by atoms with van der Waals surface area (Å²) >= 11 is 11.9. The molecule has 0 radical (unpaired) electrons. The van der Waals surface area contributed by atoms with Crippen LogP contribution in [0.3, 0.4) is 0 Å². The maximum absolute atomic E-state index is 12.8. The second-order valence-corrected chi connectivity index (χ2v) is 7.71. The van der Waals surface area contributed by atoms with Crippen LogP contribution in [0.15, 0.2) is 18.2 Å². The molecule has 2 atom stereocenters. The number of piperidine rings is 1. The molecule has 0 saturated carbocycles. The summed E-state index contributed by atoms with van der Waals surface area (Å²) in [6, 6.07) is 4.89. The first kappa shape index (κ1) is 18.5. The highest BCUT2D eigenvalue weighted by atomic mass is 35.5. The lowest BCUT2D eigenvalue weighted by molar-refractivity contribution is -0.136. The van der Waals surface area contributed by atoms with Crippen LogP contribution in [0, 0.1) is 11.8 Å². The van der Waals surface area contributed by atoms with E-state index in [1.54, 1.807) is 23.1 Å². The van der Waals surface area contributed by atoms with Gasteiger partial charge in [-0.3, -0.25) is 9.59 Å². The van der Waals surface area contributed by atoms with Crippen LogP contribution in [0.5, 0.6) is 0 Å². The zero-order valence-electron chi connectivity index (χ0n) is 14.1. The lowest BCUT2D eigenvalue weighted by Crippen LogP contribution is -2.46. The summed E-state index contributed by atoms with van der Waals surface area (Å²) in [5.74, 6) is 0.332. The molecule has 1 aromatic carbocycles. The highest BCUT2D eigenvalue weighted by Gasteiger charge is 2.34. The van der Waals surface area contributed by atoms with E-state index in [-0.39, 0.29) is 17.7 Å². The SMILES string of the molecule is NCC1CCN(C(=O)C2CCCN(C(=O)c3ccc(Cl)c(Cl)c3)C2)C1. The highest BCUT2D eigenvalue weighted by Crippen LogP contribution is 2.26. The molecule has 7 heteroatoms. The zero-order valence-corrected chi connectivity index (χ0v) is 15.6. The largest absolute Gasteiger partial charge is 0.342 e. The van der Waals surface area contributed by atoms with Gasteiger partial charge in [0.05, 0.1) is 16.0 Å². The average molecular weight is 384 g/mol. The molecule has 0 spiro atoms. The standard InChI is InChI=1S/C18H23Cl2N3O2/c19-15-4-3-13(8-16(15)20)17(24)22-6-1-2-14(11-22)18(25)23-7-5-12(9-21)10-23/h3-4,8,12,14H,1-2,5-7,9-11,21H2.